The highest BCUT2D eigenvalue weighted by atomic mass is 35.5. The number of aromatic nitrogens is 1. The molecule has 1 aliphatic rings. The zero-order valence-corrected chi connectivity index (χ0v) is 15.2. The Morgan fingerprint density at radius 2 is 2.12 bits per heavy atom. The number of benzene rings is 1. The number of pyridine rings is 1. The average molecular weight is 387 g/mol. The molecule has 0 fully saturated rings. The molecular formula is C19H15ClN2O3S. The second-order valence-corrected chi connectivity index (χ2v) is 7.25. The van der Waals surface area contributed by atoms with E-state index in [9.17, 15) is 10.0 Å². The van der Waals surface area contributed by atoms with Gasteiger partial charge in [-0.2, -0.15) is 16.1 Å². The van der Waals surface area contributed by atoms with E-state index in [4.69, 9.17) is 16.3 Å². The monoisotopic (exact) mass is 386 g/mol. The van der Waals surface area contributed by atoms with Gasteiger partial charge >= 0.3 is 0 Å². The third-order valence-corrected chi connectivity index (χ3v) is 5.23. The number of hydrogen-bond acceptors (Lipinski definition) is 4. The Morgan fingerprint density at radius 1 is 1.31 bits per heavy atom. The maximum absolute atomic E-state index is 12.2. The van der Waals surface area contributed by atoms with Gasteiger partial charge in [0, 0.05) is 24.1 Å². The number of nitrogens with one attached hydrogen (secondary N) is 1. The molecule has 0 radical (unpaired) electrons. The Hall–Kier alpha value is -2.57. The highest BCUT2D eigenvalue weighted by Gasteiger charge is 2.26. The lowest BCUT2D eigenvalue weighted by molar-refractivity contribution is -0.605. The maximum atomic E-state index is 12.2. The smallest absolute Gasteiger partial charge is 0.251 e. The largest absolute Gasteiger partial charge is 0.619 e. The van der Waals surface area contributed by atoms with Crippen molar-refractivity contribution >= 4 is 28.8 Å². The van der Waals surface area contributed by atoms with Gasteiger partial charge in [-0.05, 0) is 40.1 Å². The van der Waals surface area contributed by atoms with Crippen LogP contribution in [-0.2, 0) is 6.42 Å². The van der Waals surface area contributed by atoms with Crippen LogP contribution >= 0.6 is 22.9 Å². The number of halogens is 1. The number of thiophene rings is 1. The van der Waals surface area contributed by atoms with E-state index >= 15 is 0 Å². The molecule has 1 N–H and O–H groups in total. The molecule has 1 amide bonds. The van der Waals surface area contributed by atoms with Gasteiger partial charge in [-0.3, -0.25) is 4.79 Å². The van der Waals surface area contributed by atoms with E-state index in [1.165, 1.54) is 24.5 Å². The number of ether oxygens (including phenoxy) is 1. The fraction of sp³-hybridized carbons (Fsp3) is 0.158. The van der Waals surface area contributed by atoms with Crippen molar-refractivity contribution < 1.29 is 14.3 Å². The molecule has 0 aliphatic carbocycles. The zero-order valence-electron chi connectivity index (χ0n) is 13.6. The molecule has 0 saturated carbocycles. The molecule has 0 spiro atoms. The van der Waals surface area contributed by atoms with Crippen molar-refractivity contribution in [1.29, 1.82) is 0 Å². The van der Waals surface area contributed by atoms with Crippen LogP contribution in [0.2, 0.25) is 5.02 Å². The van der Waals surface area contributed by atoms with Gasteiger partial charge in [0.25, 0.3) is 5.91 Å². The highest BCUT2D eigenvalue weighted by molar-refractivity contribution is 7.08. The summed E-state index contributed by atoms with van der Waals surface area (Å²) >= 11 is 8.03. The standard InChI is InChI=1S/C19H15ClN2O3S/c20-17-9-14(13-3-6-26-11-13)7-15-8-16(25-18(15)17)10-21-19(23)12-1-4-22(24)5-2-12/h1-7,9,11,16H,8,10H2,(H,21,23)/t16-/m1/s1. The lowest BCUT2D eigenvalue weighted by Gasteiger charge is -2.12. The van der Waals surface area contributed by atoms with Crippen molar-refractivity contribution in [1.82, 2.24) is 5.32 Å². The average Bonchev–Trinajstić information content (AvgIpc) is 3.30. The molecule has 7 heteroatoms. The van der Waals surface area contributed by atoms with E-state index in [1.807, 2.05) is 11.4 Å². The first-order valence-electron chi connectivity index (χ1n) is 8.09. The molecule has 1 aliphatic heterocycles. The van der Waals surface area contributed by atoms with E-state index in [2.05, 4.69) is 22.8 Å². The molecule has 0 bridgehead atoms. The first-order chi connectivity index (χ1) is 12.6. The summed E-state index contributed by atoms with van der Waals surface area (Å²) in [6.45, 7) is 0.365. The summed E-state index contributed by atoms with van der Waals surface area (Å²) in [6, 6.07) is 9.02. The third kappa shape index (κ3) is 3.38. The summed E-state index contributed by atoms with van der Waals surface area (Å²) in [4.78, 5) is 12.2. The van der Waals surface area contributed by atoms with Gasteiger partial charge in [-0.1, -0.05) is 11.6 Å². The molecule has 2 aromatic heterocycles. The van der Waals surface area contributed by atoms with Gasteiger partial charge in [0.05, 0.1) is 17.1 Å². The van der Waals surface area contributed by atoms with E-state index in [1.54, 1.807) is 11.3 Å². The van der Waals surface area contributed by atoms with Gasteiger partial charge in [-0.15, -0.1) is 0 Å². The fourth-order valence-electron chi connectivity index (χ4n) is 2.97. The summed E-state index contributed by atoms with van der Waals surface area (Å²) in [7, 11) is 0. The molecule has 26 heavy (non-hydrogen) atoms. The highest BCUT2D eigenvalue weighted by Crippen LogP contribution is 2.39. The lowest BCUT2D eigenvalue weighted by Crippen LogP contribution is -2.35. The van der Waals surface area contributed by atoms with Gasteiger partial charge in [0.2, 0.25) is 0 Å². The maximum Gasteiger partial charge on any atom is 0.251 e. The molecule has 132 valence electrons. The summed E-state index contributed by atoms with van der Waals surface area (Å²) in [6.07, 6.45) is 3.10. The lowest BCUT2D eigenvalue weighted by atomic mass is 10.0. The van der Waals surface area contributed by atoms with Crippen molar-refractivity contribution in [2.75, 3.05) is 6.54 Å². The molecule has 1 atom stereocenters. The predicted molar refractivity (Wildman–Crippen MR) is 101 cm³/mol. The van der Waals surface area contributed by atoms with Crippen molar-refractivity contribution in [2.24, 2.45) is 0 Å². The number of carbonyl (C=O) groups is 1. The predicted octanol–water partition coefficient (Wildman–Crippen LogP) is 3.44. The number of rotatable bonds is 4. The van der Waals surface area contributed by atoms with Crippen LogP contribution in [0.1, 0.15) is 15.9 Å². The van der Waals surface area contributed by atoms with E-state index < -0.39 is 0 Å². The summed E-state index contributed by atoms with van der Waals surface area (Å²) < 4.78 is 6.56. The number of carbonyl (C=O) groups excluding carboxylic acids is 1. The molecule has 4 rings (SSSR count). The van der Waals surface area contributed by atoms with Crippen LogP contribution in [0.15, 0.2) is 53.5 Å². The Labute approximate surface area is 159 Å². The summed E-state index contributed by atoms with van der Waals surface area (Å²) in [5.74, 6) is 0.451. The first-order valence-corrected chi connectivity index (χ1v) is 9.41. The Balaban J connectivity index is 1.43. The quantitative estimate of drug-likeness (QED) is 0.551. The van der Waals surface area contributed by atoms with Crippen molar-refractivity contribution in [3.05, 3.63) is 74.8 Å². The van der Waals surface area contributed by atoms with Crippen LogP contribution in [0.4, 0.5) is 0 Å². The fourth-order valence-corrected chi connectivity index (χ4v) is 3.92. The van der Waals surface area contributed by atoms with Crippen LogP contribution in [0.25, 0.3) is 11.1 Å². The molecule has 3 heterocycles. The van der Waals surface area contributed by atoms with Gasteiger partial charge in [-0.25, -0.2) is 0 Å². The minimum Gasteiger partial charge on any atom is -0.619 e. The van der Waals surface area contributed by atoms with Crippen molar-refractivity contribution in [2.45, 2.75) is 12.5 Å². The van der Waals surface area contributed by atoms with Gasteiger partial charge in [0.15, 0.2) is 12.4 Å². The molecule has 3 aromatic rings. The normalized spacial score (nSPS) is 15.3. The number of fused-ring (bicyclic) bond motifs is 1. The molecule has 0 saturated heterocycles. The van der Waals surface area contributed by atoms with E-state index in [0.717, 1.165) is 16.7 Å². The Bertz CT molecular complexity index is 942. The second-order valence-electron chi connectivity index (χ2n) is 6.06. The SMILES string of the molecule is O=C(NC[C@H]1Cc2cc(-c3ccsc3)cc(Cl)c2O1)c1cc[n+]([O-])cc1. The molecule has 1 aromatic carbocycles. The van der Waals surface area contributed by atoms with E-state index in [0.29, 0.717) is 34.0 Å². The number of nitrogens with zero attached hydrogens (tertiary/aromatic N) is 1. The topological polar surface area (TPSA) is 65.3 Å². The second kappa shape index (κ2) is 6.97. The van der Waals surface area contributed by atoms with Crippen LogP contribution in [0.3, 0.4) is 0 Å². The van der Waals surface area contributed by atoms with E-state index in [-0.39, 0.29) is 12.0 Å². The van der Waals surface area contributed by atoms with Crippen LogP contribution < -0.4 is 14.8 Å². The summed E-state index contributed by atoms with van der Waals surface area (Å²) in [5.41, 5.74) is 3.69. The van der Waals surface area contributed by atoms with Crippen LogP contribution in [0.5, 0.6) is 5.75 Å². The zero-order chi connectivity index (χ0) is 18.1. The molecule has 0 unspecified atom stereocenters. The van der Waals surface area contributed by atoms with Gasteiger partial charge in [0.1, 0.15) is 11.9 Å². The van der Waals surface area contributed by atoms with Crippen molar-refractivity contribution in [3.63, 3.8) is 0 Å². The Kier molecular flexibility index (Phi) is 4.53. The number of amides is 1. The molecule has 5 nitrogen and oxygen atoms in total. The molecular weight excluding hydrogens is 372 g/mol. The minimum absolute atomic E-state index is 0.169. The number of hydrogen-bond donors (Lipinski definition) is 1. The van der Waals surface area contributed by atoms with Crippen molar-refractivity contribution in [3.8, 4) is 16.9 Å². The third-order valence-electron chi connectivity index (χ3n) is 4.26. The van der Waals surface area contributed by atoms with Crippen LogP contribution in [0, 0.1) is 5.21 Å². The first kappa shape index (κ1) is 16.9. The summed E-state index contributed by atoms with van der Waals surface area (Å²) in [5, 5.41) is 18.6. The van der Waals surface area contributed by atoms with Gasteiger partial charge < -0.3 is 15.3 Å². The Morgan fingerprint density at radius 3 is 2.85 bits per heavy atom. The minimum atomic E-state index is -0.241. The van der Waals surface area contributed by atoms with Crippen LogP contribution in [-0.4, -0.2) is 18.6 Å².